The molecule has 0 aliphatic heterocycles. The van der Waals surface area contributed by atoms with E-state index in [2.05, 4.69) is 11.6 Å². The zero-order chi connectivity index (χ0) is 6.41. The van der Waals surface area contributed by atoms with Crippen molar-refractivity contribution in [2.45, 2.75) is 13.8 Å². The topological polar surface area (TPSA) is 12.4 Å². The SMILES string of the molecule is C=C(/C=C/C)N=CC. The third-order valence-electron chi connectivity index (χ3n) is 0.654. The summed E-state index contributed by atoms with van der Waals surface area (Å²) in [4.78, 5) is 3.91. The van der Waals surface area contributed by atoms with E-state index in [0.717, 1.165) is 5.70 Å². The minimum absolute atomic E-state index is 0.801. The Hall–Kier alpha value is -0.850. The predicted octanol–water partition coefficient (Wildman–Crippen LogP) is 2.17. The van der Waals surface area contributed by atoms with Crippen LogP contribution >= 0.6 is 0 Å². The van der Waals surface area contributed by atoms with Gasteiger partial charge in [-0.1, -0.05) is 12.7 Å². The summed E-state index contributed by atoms with van der Waals surface area (Å²) in [6.45, 7) is 7.46. The molecule has 0 aliphatic carbocycles. The lowest BCUT2D eigenvalue weighted by atomic mass is 10.4. The van der Waals surface area contributed by atoms with Crippen LogP contribution in [0.25, 0.3) is 0 Å². The maximum atomic E-state index is 3.91. The highest BCUT2D eigenvalue weighted by atomic mass is 14.7. The molecule has 0 saturated carbocycles. The van der Waals surface area contributed by atoms with Crippen molar-refractivity contribution in [3.8, 4) is 0 Å². The van der Waals surface area contributed by atoms with Gasteiger partial charge in [0.05, 0.1) is 5.70 Å². The first-order valence-electron chi connectivity index (χ1n) is 2.61. The Kier molecular flexibility index (Phi) is 3.85. The molecule has 0 heterocycles. The van der Waals surface area contributed by atoms with Crippen LogP contribution in [-0.2, 0) is 0 Å². The molecular formula is C7H11N. The maximum absolute atomic E-state index is 3.91. The fourth-order valence-electron chi connectivity index (χ4n) is 0.401. The number of hydrogen-bond acceptors (Lipinski definition) is 1. The Bertz CT molecular complexity index is 106. The van der Waals surface area contributed by atoms with Gasteiger partial charge in [-0.3, -0.25) is 4.99 Å². The quantitative estimate of drug-likeness (QED) is 0.380. The van der Waals surface area contributed by atoms with E-state index >= 15 is 0 Å². The molecule has 0 fully saturated rings. The second kappa shape index (κ2) is 4.31. The summed E-state index contributed by atoms with van der Waals surface area (Å²) in [5.74, 6) is 0. The van der Waals surface area contributed by atoms with Crippen LogP contribution in [0.3, 0.4) is 0 Å². The molecule has 44 valence electrons. The molecule has 1 nitrogen and oxygen atoms in total. The zero-order valence-electron chi connectivity index (χ0n) is 5.39. The second-order valence-electron chi connectivity index (χ2n) is 1.38. The van der Waals surface area contributed by atoms with Gasteiger partial charge in [0.15, 0.2) is 0 Å². The van der Waals surface area contributed by atoms with Gasteiger partial charge in [-0.05, 0) is 19.9 Å². The molecule has 0 N–H and O–H groups in total. The normalized spacial score (nSPS) is 11.2. The van der Waals surface area contributed by atoms with Crippen molar-refractivity contribution < 1.29 is 0 Å². The van der Waals surface area contributed by atoms with Crippen molar-refractivity contribution in [1.82, 2.24) is 0 Å². The fraction of sp³-hybridized carbons (Fsp3) is 0.286. The largest absolute Gasteiger partial charge is 0.262 e. The van der Waals surface area contributed by atoms with Gasteiger partial charge in [-0.25, -0.2) is 0 Å². The predicted molar refractivity (Wildman–Crippen MR) is 38.1 cm³/mol. The van der Waals surface area contributed by atoms with Crippen molar-refractivity contribution in [3.63, 3.8) is 0 Å². The first-order chi connectivity index (χ1) is 3.81. The van der Waals surface area contributed by atoms with E-state index < -0.39 is 0 Å². The van der Waals surface area contributed by atoms with Gasteiger partial charge in [0.1, 0.15) is 0 Å². The van der Waals surface area contributed by atoms with Gasteiger partial charge in [0.25, 0.3) is 0 Å². The van der Waals surface area contributed by atoms with Crippen LogP contribution in [0.15, 0.2) is 29.4 Å². The summed E-state index contributed by atoms with van der Waals surface area (Å²) < 4.78 is 0. The van der Waals surface area contributed by atoms with E-state index in [1.807, 2.05) is 26.0 Å². The zero-order valence-corrected chi connectivity index (χ0v) is 5.39. The van der Waals surface area contributed by atoms with Gasteiger partial charge in [0.2, 0.25) is 0 Å². The molecule has 0 unspecified atom stereocenters. The van der Waals surface area contributed by atoms with Crippen LogP contribution in [0.4, 0.5) is 0 Å². The minimum atomic E-state index is 0.801. The number of hydrogen-bond donors (Lipinski definition) is 0. The first-order valence-corrected chi connectivity index (χ1v) is 2.61. The Labute approximate surface area is 50.4 Å². The molecule has 1 heteroatoms. The molecule has 0 spiro atoms. The van der Waals surface area contributed by atoms with E-state index in [1.165, 1.54) is 0 Å². The van der Waals surface area contributed by atoms with Crippen molar-refractivity contribution in [3.05, 3.63) is 24.4 Å². The molecule has 0 atom stereocenters. The average molecular weight is 109 g/mol. The van der Waals surface area contributed by atoms with Gasteiger partial charge < -0.3 is 0 Å². The summed E-state index contributed by atoms with van der Waals surface area (Å²) in [5, 5.41) is 0. The van der Waals surface area contributed by atoms with Crippen molar-refractivity contribution in [1.29, 1.82) is 0 Å². The van der Waals surface area contributed by atoms with Crippen molar-refractivity contribution in [2.75, 3.05) is 0 Å². The van der Waals surface area contributed by atoms with Crippen molar-refractivity contribution >= 4 is 6.21 Å². The first kappa shape index (κ1) is 7.15. The molecule has 8 heavy (non-hydrogen) atoms. The van der Waals surface area contributed by atoms with Crippen LogP contribution in [0.5, 0.6) is 0 Å². The third-order valence-corrected chi connectivity index (χ3v) is 0.654. The number of rotatable bonds is 2. The van der Waals surface area contributed by atoms with Crippen molar-refractivity contribution in [2.24, 2.45) is 4.99 Å². The lowest BCUT2D eigenvalue weighted by Crippen LogP contribution is -1.65. The van der Waals surface area contributed by atoms with E-state index in [4.69, 9.17) is 0 Å². The molecule has 0 aromatic rings. The molecule has 0 saturated heterocycles. The molecule has 0 radical (unpaired) electrons. The monoisotopic (exact) mass is 109 g/mol. The fourth-order valence-corrected chi connectivity index (χ4v) is 0.401. The molecule has 0 bridgehead atoms. The van der Waals surface area contributed by atoms with Gasteiger partial charge >= 0.3 is 0 Å². The molecule has 0 rings (SSSR count). The van der Waals surface area contributed by atoms with Gasteiger partial charge in [-0.15, -0.1) is 0 Å². The van der Waals surface area contributed by atoms with Crippen LogP contribution in [-0.4, -0.2) is 6.21 Å². The third kappa shape index (κ3) is 3.34. The van der Waals surface area contributed by atoms with Gasteiger partial charge in [-0.2, -0.15) is 0 Å². The van der Waals surface area contributed by atoms with Gasteiger partial charge in [0, 0.05) is 6.21 Å². The molecule has 0 aromatic carbocycles. The standard InChI is InChI=1S/C7H11N/c1-4-6-7(3)8-5-2/h4-6H,3H2,1-2H3/b6-4+,8-5?. The highest BCUT2D eigenvalue weighted by Gasteiger charge is 1.72. The molecule has 0 aliphatic rings. The van der Waals surface area contributed by atoms with Crippen LogP contribution in [0.1, 0.15) is 13.8 Å². The number of allylic oxidation sites excluding steroid dienone is 2. The Morgan fingerprint density at radius 2 is 2.12 bits per heavy atom. The highest BCUT2D eigenvalue weighted by molar-refractivity contribution is 5.55. The Morgan fingerprint density at radius 3 is 2.50 bits per heavy atom. The minimum Gasteiger partial charge on any atom is -0.262 e. The van der Waals surface area contributed by atoms with Crippen LogP contribution < -0.4 is 0 Å². The number of aliphatic imine (C=N–C) groups is 1. The smallest absolute Gasteiger partial charge is 0.0550 e. The summed E-state index contributed by atoms with van der Waals surface area (Å²) in [7, 11) is 0. The summed E-state index contributed by atoms with van der Waals surface area (Å²) in [6, 6.07) is 0. The maximum Gasteiger partial charge on any atom is 0.0550 e. The lowest BCUT2D eigenvalue weighted by molar-refractivity contribution is 1.43. The van der Waals surface area contributed by atoms with E-state index in [1.54, 1.807) is 6.21 Å². The van der Waals surface area contributed by atoms with Crippen LogP contribution in [0.2, 0.25) is 0 Å². The Morgan fingerprint density at radius 1 is 1.50 bits per heavy atom. The Balaban J connectivity index is 3.66. The summed E-state index contributed by atoms with van der Waals surface area (Å²) >= 11 is 0. The molecule has 0 amide bonds. The number of nitrogens with zero attached hydrogens (tertiary/aromatic N) is 1. The highest BCUT2D eigenvalue weighted by Crippen LogP contribution is 1.91. The van der Waals surface area contributed by atoms with E-state index in [0.29, 0.717) is 0 Å². The average Bonchev–Trinajstić information content (AvgIpc) is 1.68. The second-order valence-corrected chi connectivity index (χ2v) is 1.38. The lowest BCUT2D eigenvalue weighted by Gasteiger charge is -1.82. The summed E-state index contributed by atoms with van der Waals surface area (Å²) in [6.07, 6.45) is 5.50. The van der Waals surface area contributed by atoms with E-state index in [-0.39, 0.29) is 0 Å². The van der Waals surface area contributed by atoms with Crippen LogP contribution in [0, 0.1) is 0 Å². The van der Waals surface area contributed by atoms with E-state index in [9.17, 15) is 0 Å². The summed E-state index contributed by atoms with van der Waals surface area (Å²) in [5.41, 5.74) is 0.801. The molecule has 0 aromatic heterocycles. The molecular weight excluding hydrogens is 98.1 g/mol.